The number of carbonyl (C=O) groups excluding carboxylic acids is 1. The molecule has 3 rings (SSSR count). The number of nitrogens with zero attached hydrogens (tertiary/aromatic N) is 2. The predicted molar refractivity (Wildman–Crippen MR) is 66.3 cm³/mol. The second kappa shape index (κ2) is 4.53. The summed E-state index contributed by atoms with van der Waals surface area (Å²) >= 11 is 1.50. The van der Waals surface area contributed by atoms with Crippen molar-refractivity contribution in [1.82, 2.24) is 20.0 Å². The van der Waals surface area contributed by atoms with Crippen LogP contribution < -0.4 is 10.6 Å². The minimum absolute atomic E-state index is 0.247. The third-order valence-corrected chi connectivity index (χ3v) is 3.78. The first-order chi connectivity index (χ1) is 9.03. The quantitative estimate of drug-likeness (QED) is 0.885. The van der Waals surface area contributed by atoms with Crippen molar-refractivity contribution in [3.63, 3.8) is 0 Å². The molecule has 0 radical (unpaired) electrons. The van der Waals surface area contributed by atoms with Gasteiger partial charge < -0.3 is 5.32 Å². The van der Waals surface area contributed by atoms with E-state index in [0.717, 1.165) is 4.96 Å². The molecule has 1 fully saturated rings. The summed E-state index contributed by atoms with van der Waals surface area (Å²) in [6, 6.07) is -0.821. The fraction of sp³-hybridized carbons (Fsp3) is 0.455. The topological polar surface area (TPSA) is 58.4 Å². The lowest BCUT2D eigenvalue weighted by Crippen LogP contribution is -2.40. The number of nitrogens with one attached hydrogen (secondary N) is 2. The lowest BCUT2D eigenvalue weighted by molar-refractivity contribution is -0.123. The molecule has 3 heterocycles. The Hall–Kier alpha value is -1.54. The van der Waals surface area contributed by atoms with Crippen LogP contribution in [0.5, 0.6) is 0 Å². The van der Waals surface area contributed by atoms with Crippen molar-refractivity contribution in [2.75, 3.05) is 6.54 Å². The van der Waals surface area contributed by atoms with Gasteiger partial charge in [-0.1, -0.05) is 0 Å². The van der Waals surface area contributed by atoms with Gasteiger partial charge in [0.25, 0.3) is 5.92 Å². The highest BCUT2D eigenvalue weighted by atomic mass is 32.1. The molecule has 8 heteroatoms. The van der Waals surface area contributed by atoms with Crippen molar-refractivity contribution in [2.24, 2.45) is 0 Å². The standard InChI is InChI=1S/C11H12F2N4OS/c12-11(13)3-8(15-6-11)9(18)14-4-7-5-17-1-2-19-10(17)16-7/h1-2,5,8,15H,3-4,6H2,(H,14,18). The van der Waals surface area contributed by atoms with E-state index in [9.17, 15) is 13.6 Å². The van der Waals surface area contributed by atoms with Gasteiger partial charge in [0.1, 0.15) is 0 Å². The molecular formula is C11H12F2N4OS. The van der Waals surface area contributed by atoms with Crippen LogP contribution in [-0.4, -0.2) is 33.8 Å². The molecular weight excluding hydrogens is 274 g/mol. The van der Waals surface area contributed by atoms with Gasteiger partial charge in [-0.3, -0.25) is 14.5 Å². The van der Waals surface area contributed by atoms with Crippen LogP contribution >= 0.6 is 11.3 Å². The second-order valence-corrected chi connectivity index (χ2v) is 5.41. The van der Waals surface area contributed by atoms with Crippen LogP contribution in [0, 0.1) is 0 Å². The number of aromatic nitrogens is 2. The average Bonchev–Trinajstić information content (AvgIpc) is 2.99. The van der Waals surface area contributed by atoms with Gasteiger partial charge in [-0.2, -0.15) is 0 Å². The Kier molecular flexibility index (Phi) is 2.98. The van der Waals surface area contributed by atoms with E-state index in [1.807, 2.05) is 22.2 Å². The molecule has 1 aliphatic heterocycles. The highest BCUT2D eigenvalue weighted by molar-refractivity contribution is 7.15. The first-order valence-corrected chi connectivity index (χ1v) is 6.71. The van der Waals surface area contributed by atoms with Crippen molar-refractivity contribution in [3.8, 4) is 0 Å². The summed E-state index contributed by atoms with van der Waals surface area (Å²) < 4.78 is 27.8. The van der Waals surface area contributed by atoms with Crippen LogP contribution in [0.4, 0.5) is 8.78 Å². The van der Waals surface area contributed by atoms with Crippen molar-refractivity contribution in [3.05, 3.63) is 23.5 Å². The Morgan fingerprint density at radius 2 is 2.53 bits per heavy atom. The van der Waals surface area contributed by atoms with E-state index in [2.05, 4.69) is 15.6 Å². The number of alkyl halides is 2. The summed E-state index contributed by atoms with van der Waals surface area (Å²) in [5, 5.41) is 7.05. The van der Waals surface area contributed by atoms with Gasteiger partial charge in [-0.25, -0.2) is 13.8 Å². The number of hydrogen-bond donors (Lipinski definition) is 2. The van der Waals surface area contributed by atoms with Crippen molar-refractivity contribution in [1.29, 1.82) is 0 Å². The Morgan fingerprint density at radius 1 is 1.68 bits per heavy atom. The summed E-state index contributed by atoms with van der Waals surface area (Å²) in [5.74, 6) is -3.20. The van der Waals surface area contributed by atoms with E-state index in [4.69, 9.17) is 0 Å². The van der Waals surface area contributed by atoms with Crippen molar-refractivity contribution in [2.45, 2.75) is 24.9 Å². The molecule has 2 N–H and O–H groups in total. The molecule has 0 aliphatic carbocycles. The van der Waals surface area contributed by atoms with Gasteiger partial charge in [0, 0.05) is 24.2 Å². The molecule has 0 bridgehead atoms. The van der Waals surface area contributed by atoms with E-state index in [0.29, 0.717) is 5.69 Å². The van der Waals surface area contributed by atoms with Crippen LogP contribution in [0.15, 0.2) is 17.8 Å². The number of fused-ring (bicyclic) bond motifs is 1. The highest BCUT2D eigenvalue weighted by Gasteiger charge is 2.42. The van der Waals surface area contributed by atoms with Gasteiger partial charge in [0.15, 0.2) is 4.96 Å². The molecule has 5 nitrogen and oxygen atoms in total. The number of halogens is 2. The number of rotatable bonds is 3. The lowest BCUT2D eigenvalue weighted by Gasteiger charge is -2.10. The maximum atomic E-state index is 13.0. The van der Waals surface area contributed by atoms with E-state index in [1.54, 1.807) is 0 Å². The molecule has 0 aromatic carbocycles. The van der Waals surface area contributed by atoms with Crippen molar-refractivity contribution < 1.29 is 13.6 Å². The molecule has 1 aliphatic rings. The fourth-order valence-corrected chi connectivity index (χ4v) is 2.78. The molecule has 1 unspecified atom stereocenters. The van der Waals surface area contributed by atoms with E-state index < -0.39 is 30.8 Å². The third-order valence-electron chi connectivity index (χ3n) is 3.01. The molecule has 1 saturated heterocycles. The molecule has 0 spiro atoms. The molecule has 1 amide bonds. The first kappa shape index (κ1) is 12.5. The lowest BCUT2D eigenvalue weighted by atomic mass is 10.2. The van der Waals surface area contributed by atoms with E-state index >= 15 is 0 Å². The maximum Gasteiger partial charge on any atom is 0.262 e. The second-order valence-electron chi connectivity index (χ2n) is 4.54. The number of carbonyl (C=O) groups is 1. The molecule has 2 aromatic heterocycles. The predicted octanol–water partition coefficient (Wildman–Crippen LogP) is 1.01. The summed E-state index contributed by atoms with van der Waals surface area (Å²) in [5.41, 5.74) is 0.713. The molecule has 2 aromatic rings. The molecule has 1 atom stereocenters. The number of amides is 1. The van der Waals surface area contributed by atoms with Crippen LogP contribution in [0.1, 0.15) is 12.1 Å². The largest absolute Gasteiger partial charge is 0.349 e. The van der Waals surface area contributed by atoms with E-state index in [1.165, 1.54) is 11.3 Å². The number of hydrogen-bond acceptors (Lipinski definition) is 4. The van der Waals surface area contributed by atoms with Crippen LogP contribution in [0.25, 0.3) is 4.96 Å². The maximum absolute atomic E-state index is 13.0. The average molecular weight is 286 g/mol. The van der Waals surface area contributed by atoms with Gasteiger partial charge in [0.2, 0.25) is 5.91 Å². The highest BCUT2D eigenvalue weighted by Crippen LogP contribution is 2.25. The zero-order chi connectivity index (χ0) is 13.5. The van der Waals surface area contributed by atoms with Gasteiger partial charge in [-0.05, 0) is 0 Å². The minimum atomic E-state index is -2.79. The SMILES string of the molecule is O=C(NCc1cn2ccsc2n1)C1CC(F)(F)CN1. The summed E-state index contributed by atoms with van der Waals surface area (Å²) in [6.07, 6.45) is 3.23. The summed E-state index contributed by atoms with van der Waals surface area (Å²) in [7, 11) is 0. The normalized spacial score (nSPS) is 21.9. The fourth-order valence-electron chi connectivity index (χ4n) is 2.06. The monoisotopic (exact) mass is 286 g/mol. The molecule has 19 heavy (non-hydrogen) atoms. The smallest absolute Gasteiger partial charge is 0.262 e. The van der Waals surface area contributed by atoms with Crippen LogP contribution in [0.3, 0.4) is 0 Å². The molecule has 0 saturated carbocycles. The Balaban J connectivity index is 1.57. The zero-order valence-electron chi connectivity index (χ0n) is 9.90. The van der Waals surface area contributed by atoms with Crippen LogP contribution in [0.2, 0.25) is 0 Å². The first-order valence-electron chi connectivity index (χ1n) is 5.83. The van der Waals surface area contributed by atoms with Gasteiger partial charge in [0.05, 0.1) is 24.8 Å². The Bertz CT molecular complexity index is 580. The zero-order valence-corrected chi connectivity index (χ0v) is 10.7. The Morgan fingerprint density at radius 3 is 3.21 bits per heavy atom. The van der Waals surface area contributed by atoms with Gasteiger partial charge in [-0.15, -0.1) is 11.3 Å². The number of imidazole rings is 1. The number of thiazole rings is 1. The Labute approximate surface area is 111 Å². The third kappa shape index (κ3) is 2.59. The van der Waals surface area contributed by atoms with E-state index in [-0.39, 0.29) is 6.54 Å². The minimum Gasteiger partial charge on any atom is -0.349 e. The van der Waals surface area contributed by atoms with Crippen molar-refractivity contribution >= 4 is 22.2 Å². The summed E-state index contributed by atoms with van der Waals surface area (Å²) in [4.78, 5) is 16.9. The van der Waals surface area contributed by atoms with Crippen LogP contribution in [-0.2, 0) is 11.3 Å². The van der Waals surface area contributed by atoms with Gasteiger partial charge >= 0.3 is 0 Å². The summed E-state index contributed by atoms with van der Waals surface area (Å²) in [6.45, 7) is -0.192. The molecule has 102 valence electrons.